The lowest BCUT2D eigenvalue weighted by molar-refractivity contribution is 0.300. The second kappa shape index (κ2) is 5.46. The summed E-state index contributed by atoms with van der Waals surface area (Å²) in [6.07, 6.45) is 2.08. The summed E-state index contributed by atoms with van der Waals surface area (Å²) >= 11 is 0. The molecular formula is C15H18N4O. The van der Waals surface area contributed by atoms with E-state index in [4.69, 9.17) is 4.63 Å². The van der Waals surface area contributed by atoms with Crippen LogP contribution in [0.2, 0.25) is 0 Å². The van der Waals surface area contributed by atoms with Gasteiger partial charge in [-0.1, -0.05) is 29.4 Å². The molecule has 0 radical (unpaired) electrons. The molecule has 0 spiro atoms. The van der Waals surface area contributed by atoms with E-state index < -0.39 is 0 Å². The van der Waals surface area contributed by atoms with Crippen LogP contribution in [0.25, 0.3) is 10.9 Å². The van der Waals surface area contributed by atoms with Crippen molar-refractivity contribution < 1.29 is 4.63 Å². The molecule has 3 rings (SSSR count). The minimum Gasteiger partial charge on any atom is -0.341 e. The van der Waals surface area contributed by atoms with Gasteiger partial charge < -0.3 is 9.88 Å². The fourth-order valence-electron chi connectivity index (χ4n) is 2.30. The van der Waals surface area contributed by atoms with Gasteiger partial charge in [0.15, 0.2) is 0 Å². The Morgan fingerprint density at radius 3 is 2.90 bits per heavy atom. The highest BCUT2D eigenvalue weighted by molar-refractivity contribution is 5.80. The number of rotatable bonds is 5. The zero-order valence-electron chi connectivity index (χ0n) is 11.8. The first kappa shape index (κ1) is 12.9. The van der Waals surface area contributed by atoms with Crippen LogP contribution in [-0.2, 0) is 13.1 Å². The fraction of sp³-hybridized carbons (Fsp3) is 0.333. The van der Waals surface area contributed by atoms with Gasteiger partial charge in [0.2, 0.25) is 0 Å². The molecule has 104 valence electrons. The standard InChI is InChI=1S/C15H18N4O/c1-3-16-9-12-4-5-13-6-7-19(15(13)8-12)10-14-11(2)17-20-18-14/h4-8,16H,3,9-10H2,1-2H3. The van der Waals surface area contributed by atoms with E-state index in [1.165, 1.54) is 16.5 Å². The van der Waals surface area contributed by atoms with Crippen molar-refractivity contribution in [3.8, 4) is 0 Å². The third-order valence-corrected chi connectivity index (χ3v) is 3.48. The van der Waals surface area contributed by atoms with Gasteiger partial charge in [-0.3, -0.25) is 0 Å². The van der Waals surface area contributed by atoms with E-state index in [1.54, 1.807) is 0 Å². The lowest BCUT2D eigenvalue weighted by atomic mass is 10.1. The molecule has 5 nitrogen and oxygen atoms in total. The van der Waals surface area contributed by atoms with Crippen molar-refractivity contribution in [1.82, 2.24) is 20.2 Å². The zero-order valence-corrected chi connectivity index (χ0v) is 11.8. The molecule has 0 saturated heterocycles. The number of benzene rings is 1. The van der Waals surface area contributed by atoms with E-state index in [1.807, 2.05) is 6.92 Å². The van der Waals surface area contributed by atoms with Gasteiger partial charge in [-0.25, -0.2) is 4.63 Å². The second-order valence-corrected chi connectivity index (χ2v) is 4.91. The number of hydrogen-bond donors (Lipinski definition) is 1. The maximum atomic E-state index is 4.76. The van der Waals surface area contributed by atoms with Crippen LogP contribution in [0.1, 0.15) is 23.9 Å². The second-order valence-electron chi connectivity index (χ2n) is 4.91. The first-order valence-corrected chi connectivity index (χ1v) is 6.84. The van der Waals surface area contributed by atoms with Crippen molar-refractivity contribution in [2.45, 2.75) is 26.9 Å². The molecule has 20 heavy (non-hydrogen) atoms. The maximum absolute atomic E-state index is 4.76. The Morgan fingerprint density at radius 1 is 1.25 bits per heavy atom. The van der Waals surface area contributed by atoms with Crippen LogP contribution in [0.3, 0.4) is 0 Å². The Morgan fingerprint density at radius 2 is 2.15 bits per heavy atom. The number of hydrogen-bond acceptors (Lipinski definition) is 4. The monoisotopic (exact) mass is 270 g/mol. The van der Waals surface area contributed by atoms with Gasteiger partial charge in [-0.05, 0) is 36.6 Å². The number of aromatic nitrogens is 3. The SMILES string of the molecule is CCNCc1ccc2ccn(Cc3nonc3C)c2c1. The lowest BCUT2D eigenvalue weighted by Crippen LogP contribution is -2.11. The van der Waals surface area contributed by atoms with Crippen molar-refractivity contribution in [3.63, 3.8) is 0 Å². The van der Waals surface area contributed by atoms with Gasteiger partial charge in [-0.15, -0.1) is 0 Å². The fourth-order valence-corrected chi connectivity index (χ4v) is 2.30. The first-order chi connectivity index (χ1) is 9.78. The van der Waals surface area contributed by atoms with E-state index in [0.29, 0.717) is 6.54 Å². The number of aryl methyl sites for hydroxylation is 1. The van der Waals surface area contributed by atoms with Crippen molar-refractivity contribution in [2.24, 2.45) is 0 Å². The zero-order chi connectivity index (χ0) is 13.9. The molecule has 1 N–H and O–H groups in total. The van der Waals surface area contributed by atoms with Crippen LogP contribution in [0, 0.1) is 6.92 Å². The predicted octanol–water partition coefficient (Wildman–Crippen LogP) is 2.49. The van der Waals surface area contributed by atoms with Gasteiger partial charge in [-0.2, -0.15) is 0 Å². The third-order valence-electron chi connectivity index (χ3n) is 3.48. The molecule has 0 bridgehead atoms. The largest absolute Gasteiger partial charge is 0.341 e. The highest BCUT2D eigenvalue weighted by Gasteiger charge is 2.08. The highest BCUT2D eigenvalue weighted by atomic mass is 16.6. The van der Waals surface area contributed by atoms with Gasteiger partial charge in [0.25, 0.3) is 0 Å². The number of nitrogens with one attached hydrogen (secondary N) is 1. The summed E-state index contributed by atoms with van der Waals surface area (Å²) in [5.74, 6) is 0. The lowest BCUT2D eigenvalue weighted by Gasteiger charge is -2.06. The molecule has 0 fully saturated rings. The normalized spacial score (nSPS) is 11.3. The van der Waals surface area contributed by atoms with E-state index in [0.717, 1.165) is 24.5 Å². The summed E-state index contributed by atoms with van der Waals surface area (Å²) in [5.41, 5.74) is 4.22. The van der Waals surface area contributed by atoms with E-state index in [2.05, 4.69) is 57.6 Å². The van der Waals surface area contributed by atoms with Gasteiger partial charge in [0.1, 0.15) is 11.4 Å². The topological polar surface area (TPSA) is 55.9 Å². The molecule has 5 heteroatoms. The van der Waals surface area contributed by atoms with Crippen molar-refractivity contribution in [3.05, 3.63) is 47.4 Å². The van der Waals surface area contributed by atoms with Crippen LogP contribution in [0.15, 0.2) is 35.1 Å². The molecule has 0 aliphatic rings. The van der Waals surface area contributed by atoms with Gasteiger partial charge in [0.05, 0.1) is 6.54 Å². The van der Waals surface area contributed by atoms with Crippen LogP contribution in [0.4, 0.5) is 0 Å². The predicted molar refractivity (Wildman–Crippen MR) is 77.5 cm³/mol. The molecule has 0 atom stereocenters. The summed E-state index contributed by atoms with van der Waals surface area (Å²) in [4.78, 5) is 0. The summed E-state index contributed by atoms with van der Waals surface area (Å²) < 4.78 is 6.94. The number of nitrogens with zero attached hydrogens (tertiary/aromatic N) is 3. The molecule has 0 aliphatic heterocycles. The van der Waals surface area contributed by atoms with Crippen LogP contribution >= 0.6 is 0 Å². The Kier molecular flexibility index (Phi) is 3.52. The maximum Gasteiger partial charge on any atom is 0.127 e. The Bertz CT molecular complexity index is 714. The van der Waals surface area contributed by atoms with Gasteiger partial charge >= 0.3 is 0 Å². The Hall–Kier alpha value is -2.14. The molecule has 2 heterocycles. The minimum absolute atomic E-state index is 0.684. The van der Waals surface area contributed by atoms with Crippen LogP contribution in [-0.4, -0.2) is 21.4 Å². The quantitative estimate of drug-likeness (QED) is 0.774. The average Bonchev–Trinajstić information content (AvgIpc) is 3.04. The third kappa shape index (κ3) is 2.44. The smallest absolute Gasteiger partial charge is 0.127 e. The molecule has 0 saturated carbocycles. The molecular weight excluding hydrogens is 252 g/mol. The number of fused-ring (bicyclic) bond motifs is 1. The first-order valence-electron chi connectivity index (χ1n) is 6.84. The average molecular weight is 270 g/mol. The minimum atomic E-state index is 0.684. The van der Waals surface area contributed by atoms with Crippen molar-refractivity contribution in [2.75, 3.05) is 6.54 Å². The Balaban J connectivity index is 1.92. The molecule has 0 amide bonds. The summed E-state index contributed by atoms with van der Waals surface area (Å²) in [5, 5.41) is 12.4. The van der Waals surface area contributed by atoms with Crippen molar-refractivity contribution in [1.29, 1.82) is 0 Å². The molecule has 0 unspecified atom stereocenters. The van der Waals surface area contributed by atoms with Crippen molar-refractivity contribution >= 4 is 10.9 Å². The molecule has 1 aromatic carbocycles. The summed E-state index contributed by atoms with van der Waals surface area (Å²) in [6, 6.07) is 8.67. The van der Waals surface area contributed by atoms with Gasteiger partial charge in [0, 0.05) is 18.3 Å². The summed E-state index contributed by atoms with van der Waals surface area (Å²) in [6.45, 7) is 6.57. The molecule has 2 aromatic heterocycles. The molecule has 0 aliphatic carbocycles. The summed E-state index contributed by atoms with van der Waals surface area (Å²) in [7, 11) is 0. The van der Waals surface area contributed by atoms with E-state index >= 15 is 0 Å². The van der Waals surface area contributed by atoms with Crippen LogP contribution in [0.5, 0.6) is 0 Å². The van der Waals surface area contributed by atoms with Crippen LogP contribution < -0.4 is 5.32 Å². The highest BCUT2D eigenvalue weighted by Crippen LogP contribution is 2.19. The van der Waals surface area contributed by atoms with E-state index in [-0.39, 0.29) is 0 Å². The Labute approximate surface area is 117 Å². The van der Waals surface area contributed by atoms with E-state index in [9.17, 15) is 0 Å². The molecule has 3 aromatic rings.